The Morgan fingerprint density at radius 3 is 2.71 bits per heavy atom. The molecule has 0 aliphatic carbocycles. The lowest BCUT2D eigenvalue weighted by Gasteiger charge is -2.10. The zero-order chi connectivity index (χ0) is 15.6. The molecular formula is C12H13BrClN3O3S. The average Bonchev–Trinajstić information content (AvgIpc) is 2.82. The molecule has 0 aliphatic rings. The van der Waals surface area contributed by atoms with E-state index in [0.717, 1.165) is 15.6 Å². The van der Waals surface area contributed by atoms with Gasteiger partial charge in [-0.1, -0.05) is 22.0 Å². The first kappa shape index (κ1) is 16.4. The second kappa shape index (κ2) is 6.43. The molecule has 0 aliphatic heterocycles. The summed E-state index contributed by atoms with van der Waals surface area (Å²) in [4.78, 5) is 0. The third-order valence-electron chi connectivity index (χ3n) is 2.89. The van der Waals surface area contributed by atoms with Crippen LogP contribution < -0.4 is 0 Å². The fourth-order valence-electron chi connectivity index (χ4n) is 1.89. The van der Waals surface area contributed by atoms with Gasteiger partial charge >= 0.3 is 0 Å². The molecule has 0 unspecified atom stereocenters. The highest BCUT2D eigenvalue weighted by Crippen LogP contribution is 2.27. The first-order valence-corrected chi connectivity index (χ1v) is 9.08. The normalized spacial score (nSPS) is 11.8. The largest absolute Gasteiger partial charge is 0.383 e. The van der Waals surface area contributed by atoms with Gasteiger partial charge in [-0.3, -0.25) is 4.57 Å². The van der Waals surface area contributed by atoms with Crippen LogP contribution in [0.4, 0.5) is 0 Å². The van der Waals surface area contributed by atoms with Gasteiger partial charge in [0.2, 0.25) is 0 Å². The van der Waals surface area contributed by atoms with Gasteiger partial charge in [-0.25, -0.2) is 8.42 Å². The van der Waals surface area contributed by atoms with Crippen LogP contribution in [-0.4, -0.2) is 36.9 Å². The van der Waals surface area contributed by atoms with Crippen molar-refractivity contribution >= 4 is 35.7 Å². The standard InChI is InChI=1S/C12H13BrClN3O3S/c1-8-3-4-9(13)7-10(8)11-15-16-12(21(14,18)19)17(11)5-6-20-2/h3-4,7H,5-6H2,1-2H3. The lowest BCUT2D eigenvalue weighted by molar-refractivity contribution is 0.185. The van der Waals surface area contributed by atoms with Crippen LogP contribution in [0.1, 0.15) is 5.56 Å². The lowest BCUT2D eigenvalue weighted by atomic mass is 10.1. The van der Waals surface area contributed by atoms with Crippen molar-refractivity contribution in [3.8, 4) is 11.4 Å². The van der Waals surface area contributed by atoms with E-state index < -0.39 is 9.05 Å². The van der Waals surface area contributed by atoms with E-state index >= 15 is 0 Å². The molecule has 1 heterocycles. The summed E-state index contributed by atoms with van der Waals surface area (Å²) < 4.78 is 30.5. The summed E-state index contributed by atoms with van der Waals surface area (Å²) in [5, 5.41) is 7.41. The van der Waals surface area contributed by atoms with E-state index in [1.54, 1.807) is 0 Å². The van der Waals surface area contributed by atoms with Gasteiger partial charge in [0.05, 0.1) is 13.2 Å². The number of hydrogen-bond acceptors (Lipinski definition) is 5. The Bertz CT molecular complexity index is 761. The van der Waals surface area contributed by atoms with E-state index in [1.807, 2.05) is 25.1 Å². The summed E-state index contributed by atoms with van der Waals surface area (Å²) in [5.41, 5.74) is 1.72. The van der Waals surface area contributed by atoms with Crippen molar-refractivity contribution in [2.24, 2.45) is 0 Å². The highest BCUT2D eigenvalue weighted by molar-refractivity contribution is 9.10. The molecule has 21 heavy (non-hydrogen) atoms. The van der Waals surface area contributed by atoms with E-state index in [1.165, 1.54) is 11.7 Å². The second-order valence-corrected chi connectivity index (χ2v) is 7.72. The number of benzene rings is 1. The molecule has 1 aromatic carbocycles. The molecule has 0 spiro atoms. The minimum absolute atomic E-state index is 0.282. The third kappa shape index (κ3) is 3.63. The van der Waals surface area contributed by atoms with Crippen molar-refractivity contribution in [1.82, 2.24) is 14.8 Å². The quantitative estimate of drug-likeness (QED) is 0.729. The Kier molecular flexibility index (Phi) is 5.03. The van der Waals surface area contributed by atoms with E-state index in [0.29, 0.717) is 12.4 Å². The predicted molar refractivity (Wildman–Crippen MR) is 82.8 cm³/mol. The van der Waals surface area contributed by atoms with Gasteiger partial charge in [0, 0.05) is 27.8 Å². The number of methoxy groups -OCH3 is 1. The van der Waals surface area contributed by atoms with Gasteiger partial charge < -0.3 is 4.74 Å². The van der Waals surface area contributed by atoms with E-state index in [4.69, 9.17) is 15.4 Å². The van der Waals surface area contributed by atoms with Crippen LogP contribution in [0.15, 0.2) is 27.8 Å². The smallest absolute Gasteiger partial charge is 0.296 e. The molecule has 6 nitrogen and oxygen atoms in total. The van der Waals surface area contributed by atoms with E-state index in [2.05, 4.69) is 26.1 Å². The predicted octanol–water partition coefficient (Wildman–Crippen LogP) is 2.59. The van der Waals surface area contributed by atoms with Crippen LogP contribution in [0.25, 0.3) is 11.4 Å². The van der Waals surface area contributed by atoms with Gasteiger partial charge in [-0.05, 0) is 24.6 Å². The van der Waals surface area contributed by atoms with Gasteiger partial charge in [0.25, 0.3) is 14.2 Å². The van der Waals surface area contributed by atoms with Crippen LogP contribution in [0.3, 0.4) is 0 Å². The van der Waals surface area contributed by atoms with Crippen LogP contribution >= 0.6 is 26.6 Å². The Hall–Kier alpha value is -0.960. The fourth-order valence-corrected chi connectivity index (χ4v) is 3.17. The molecule has 114 valence electrons. The molecule has 0 radical (unpaired) electrons. The summed E-state index contributed by atoms with van der Waals surface area (Å²) >= 11 is 3.39. The monoisotopic (exact) mass is 393 g/mol. The number of rotatable bonds is 5. The molecule has 0 bridgehead atoms. The SMILES string of the molecule is COCCn1c(-c2cc(Br)ccc2C)nnc1S(=O)(=O)Cl. The van der Waals surface area contributed by atoms with Crippen LogP contribution in [0.5, 0.6) is 0 Å². The van der Waals surface area contributed by atoms with Crippen molar-refractivity contribution in [2.45, 2.75) is 18.6 Å². The van der Waals surface area contributed by atoms with Crippen molar-refractivity contribution in [3.63, 3.8) is 0 Å². The maximum absolute atomic E-state index is 11.6. The number of hydrogen-bond donors (Lipinski definition) is 0. The number of halogens is 2. The van der Waals surface area contributed by atoms with Gasteiger partial charge in [-0.2, -0.15) is 0 Å². The maximum Gasteiger partial charge on any atom is 0.296 e. The highest BCUT2D eigenvalue weighted by Gasteiger charge is 2.24. The Morgan fingerprint density at radius 1 is 1.38 bits per heavy atom. The molecular weight excluding hydrogens is 382 g/mol. The number of aromatic nitrogens is 3. The van der Waals surface area contributed by atoms with Crippen LogP contribution in [0.2, 0.25) is 0 Å². The van der Waals surface area contributed by atoms with Crippen molar-refractivity contribution in [2.75, 3.05) is 13.7 Å². The molecule has 0 saturated carbocycles. The average molecular weight is 395 g/mol. The van der Waals surface area contributed by atoms with Crippen LogP contribution in [0, 0.1) is 6.92 Å². The molecule has 0 saturated heterocycles. The summed E-state index contributed by atoms with van der Waals surface area (Å²) in [5.74, 6) is 0.435. The number of ether oxygens (including phenoxy) is 1. The van der Waals surface area contributed by atoms with Crippen LogP contribution in [-0.2, 0) is 20.3 Å². The zero-order valence-electron chi connectivity index (χ0n) is 11.4. The minimum atomic E-state index is -3.98. The molecule has 2 rings (SSSR count). The Morgan fingerprint density at radius 2 is 2.10 bits per heavy atom. The zero-order valence-corrected chi connectivity index (χ0v) is 14.5. The minimum Gasteiger partial charge on any atom is -0.383 e. The Labute approximate surface area is 135 Å². The van der Waals surface area contributed by atoms with Crippen molar-refractivity contribution < 1.29 is 13.2 Å². The summed E-state index contributed by atoms with van der Waals surface area (Å²) in [6.45, 7) is 2.51. The first-order valence-electron chi connectivity index (χ1n) is 5.98. The topological polar surface area (TPSA) is 74.1 Å². The summed E-state index contributed by atoms with van der Waals surface area (Å²) in [7, 11) is 2.96. The molecule has 0 fully saturated rings. The van der Waals surface area contributed by atoms with Gasteiger partial charge in [-0.15, -0.1) is 10.2 Å². The molecule has 0 atom stereocenters. The van der Waals surface area contributed by atoms with Crippen molar-refractivity contribution in [3.05, 3.63) is 28.2 Å². The molecule has 0 amide bonds. The Balaban J connectivity index is 2.63. The molecule has 2 aromatic rings. The van der Waals surface area contributed by atoms with Crippen molar-refractivity contribution in [1.29, 1.82) is 0 Å². The van der Waals surface area contributed by atoms with E-state index in [9.17, 15) is 8.42 Å². The second-order valence-electron chi connectivity index (χ2n) is 4.35. The number of nitrogens with zero attached hydrogens (tertiary/aromatic N) is 3. The summed E-state index contributed by atoms with van der Waals surface area (Å²) in [6, 6.07) is 5.66. The molecule has 1 aromatic heterocycles. The summed E-state index contributed by atoms with van der Waals surface area (Å²) in [6.07, 6.45) is 0. The van der Waals surface area contributed by atoms with E-state index in [-0.39, 0.29) is 11.7 Å². The molecule has 0 N–H and O–H groups in total. The first-order chi connectivity index (χ1) is 9.84. The maximum atomic E-state index is 11.6. The lowest BCUT2D eigenvalue weighted by Crippen LogP contribution is -2.11. The molecule has 9 heteroatoms. The number of aryl methyl sites for hydroxylation is 1. The highest BCUT2D eigenvalue weighted by atomic mass is 79.9. The fraction of sp³-hybridized carbons (Fsp3) is 0.333. The third-order valence-corrected chi connectivity index (χ3v) is 4.54. The van der Waals surface area contributed by atoms with Gasteiger partial charge in [0.15, 0.2) is 5.82 Å². The van der Waals surface area contributed by atoms with Gasteiger partial charge in [0.1, 0.15) is 0 Å².